The molecule has 0 aliphatic heterocycles. The van der Waals surface area contributed by atoms with Gasteiger partial charge < -0.3 is 9.88 Å². The van der Waals surface area contributed by atoms with E-state index in [9.17, 15) is 4.79 Å². The highest BCUT2D eigenvalue weighted by molar-refractivity contribution is 6.32. The number of anilines is 1. The molecule has 1 amide bonds. The van der Waals surface area contributed by atoms with E-state index in [0.717, 1.165) is 11.4 Å². The average molecular weight is 249 g/mol. The van der Waals surface area contributed by atoms with Crippen molar-refractivity contribution in [2.75, 3.05) is 5.32 Å². The van der Waals surface area contributed by atoms with Gasteiger partial charge in [0, 0.05) is 23.8 Å². The van der Waals surface area contributed by atoms with Crippen molar-refractivity contribution in [1.82, 2.24) is 4.57 Å². The van der Waals surface area contributed by atoms with E-state index in [1.54, 1.807) is 6.92 Å². The minimum Gasteiger partial charge on any atom is -0.325 e. The van der Waals surface area contributed by atoms with Gasteiger partial charge in [-0.05, 0) is 37.3 Å². The molecule has 4 heteroatoms. The van der Waals surface area contributed by atoms with E-state index in [2.05, 4.69) is 5.32 Å². The lowest BCUT2D eigenvalue weighted by atomic mass is 10.2. The van der Waals surface area contributed by atoms with E-state index < -0.39 is 5.38 Å². The molecule has 0 radical (unpaired) electrons. The van der Waals surface area contributed by atoms with Crippen LogP contribution < -0.4 is 5.32 Å². The van der Waals surface area contributed by atoms with Gasteiger partial charge in [-0.1, -0.05) is 6.07 Å². The van der Waals surface area contributed by atoms with Crippen LogP contribution in [0.4, 0.5) is 5.69 Å². The summed E-state index contributed by atoms with van der Waals surface area (Å²) >= 11 is 5.70. The van der Waals surface area contributed by atoms with Crippen LogP contribution in [0.1, 0.15) is 6.92 Å². The SMILES string of the molecule is CC(Cl)C(=O)Nc1cccc(-n2cccc2)c1. The second kappa shape index (κ2) is 5.06. The van der Waals surface area contributed by atoms with Gasteiger partial charge in [-0.25, -0.2) is 0 Å². The lowest BCUT2D eigenvalue weighted by Gasteiger charge is -2.09. The summed E-state index contributed by atoms with van der Waals surface area (Å²) in [5.41, 5.74) is 1.74. The Labute approximate surface area is 105 Å². The summed E-state index contributed by atoms with van der Waals surface area (Å²) in [5, 5.41) is 2.22. The van der Waals surface area contributed by atoms with Crippen LogP contribution in [-0.2, 0) is 4.79 Å². The molecule has 1 heterocycles. The number of alkyl halides is 1. The minimum atomic E-state index is -0.537. The third kappa shape index (κ3) is 2.88. The van der Waals surface area contributed by atoms with E-state index in [0.29, 0.717) is 0 Å². The van der Waals surface area contributed by atoms with Gasteiger partial charge in [-0.2, -0.15) is 0 Å². The Balaban J connectivity index is 2.20. The molecule has 0 aliphatic carbocycles. The molecule has 2 aromatic rings. The van der Waals surface area contributed by atoms with Gasteiger partial charge in [0.15, 0.2) is 0 Å². The summed E-state index contributed by atoms with van der Waals surface area (Å²) in [4.78, 5) is 11.5. The Hall–Kier alpha value is -1.74. The zero-order valence-corrected chi connectivity index (χ0v) is 10.2. The van der Waals surface area contributed by atoms with Gasteiger partial charge in [-0.3, -0.25) is 4.79 Å². The Morgan fingerprint density at radius 1 is 1.29 bits per heavy atom. The standard InChI is InChI=1S/C13H13ClN2O/c1-10(14)13(17)15-11-5-4-6-12(9-11)16-7-2-3-8-16/h2-10H,1H3,(H,15,17). The van der Waals surface area contributed by atoms with Crippen LogP contribution >= 0.6 is 11.6 Å². The van der Waals surface area contributed by atoms with Gasteiger partial charge >= 0.3 is 0 Å². The van der Waals surface area contributed by atoms with Gasteiger partial charge in [-0.15, -0.1) is 11.6 Å². The van der Waals surface area contributed by atoms with Crippen molar-refractivity contribution in [2.45, 2.75) is 12.3 Å². The van der Waals surface area contributed by atoms with Crippen LogP contribution in [0.5, 0.6) is 0 Å². The fourth-order valence-corrected chi connectivity index (χ4v) is 1.55. The number of benzene rings is 1. The molecule has 1 atom stereocenters. The van der Waals surface area contributed by atoms with Crippen molar-refractivity contribution >= 4 is 23.2 Å². The Morgan fingerprint density at radius 2 is 2.00 bits per heavy atom. The quantitative estimate of drug-likeness (QED) is 0.833. The zero-order valence-electron chi connectivity index (χ0n) is 9.43. The first-order chi connectivity index (χ1) is 8.16. The predicted octanol–water partition coefficient (Wildman–Crippen LogP) is 3.04. The number of aromatic nitrogens is 1. The van der Waals surface area contributed by atoms with Crippen molar-refractivity contribution in [1.29, 1.82) is 0 Å². The molecule has 0 aliphatic rings. The topological polar surface area (TPSA) is 34.0 Å². The Bertz CT molecular complexity index is 506. The molecule has 2 rings (SSSR count). The highest BCUT2D eigenvalue weighted by atomic mass is 35.5. The van der Waals surface area contributed by atoms with E-state index in [1.807, 2.05) is 53.4 Å². The molecule has 0 bridgehead atoms. The molecule has 1 unspecified atom stereocenters. The first-order valence-electron chi connectivity index (χ1n) is 5.35. The summed E-state index contributed by atoms with van der Waals surface area (Å²) in [6.45, 7) is 1.65. The van der Waals surface area contributed by atoms with Gasteiger partial charge in [0.05, 0.1) is 0 Å². The van der Waals surface area contributed by atoms with Crippen molar-refractivity contribution in [3.8, 4) is 5.69 Å². The fraction of sp³-hybridized carbons (Fsp3) is 0.154. The molecular weight excluding hydrogens is 236 g/mol. The molecular formula is C13H13ClN2O. The number of nitrogens with one attached hydrogen (secondary N) is 1. The van der Waals surface area contributed by atoms with Crippen molar-refractivity contribution in [3.05, 3.63) is 48.8 Å². The van der Waals surface area contributed by atoms with Crippen LogP contribution in [0.25, 0.3) is 5.69 Å². The van der Waals surface area contributed by atoms with Crippen molar-refractivity contribution in [2.24, 2.45) is 0 Å². The highest BCUT2D eigenvalue weighted by Crippen LogP contribution is 2.15. The fourth-order valence-electron chi connectivity index (χ4n) is 1.49. The molecule has 1 aromatic heterocycles. The summed E-state index contributed by atoms with van der Waals surface area (Å²) in [5.74, 6) is -0.198. The molecule has 0 saturated carbocycles. The lowest BCUT2D eigenvalue weighted by molar-refractivity contribution is -0.115. The smallest absolute Gasteiger partial charge is 0.242 e. The molecule has 1 N–H and O–H groups in total. The monoisotopic (exact) mass is 248 g/mol. The van der Waals surface area contributed by atoms with E-state index in [4.69, 9.17) is 11.6 Å². The zero-order chi connectivity index (χ0) is 12.3. The minimum absolute atomic E-state index is 0.198. The largest absolute Gasteiger partial charge is 0.325 e. The maximum absolute atomic E-state index is 11.5. The Kier molecular flexibility index (Phi) is 3.49. The van der Waals surface area contributed by atoms with Crippen LogP contribution in [0.2, 0.25) is 0 Å². The first kappa shape index (κ1) is 11.7. The number of carbonyl (C=O) groups excluding carboxylic acids is 1. The number of rotatable bonds is 3. The maximum Gasteiger partial charge on any atom is 0.242 e. The number of hydrogen-bond acceptors (Lipinski definition) is 1. The van der Waals surface area contributed by atoms with Gasteiger partial charge in [0.1, 0.15) is 5.38 Å². The van der Waals surface area contributed by atoms with Crippen LogP contribution in [-0.4, -0.2) is 15.9 Å². The number of hydrogen-bond donors (Lipinski definition) is 1. The van der Waals surface area contributed by atoms with Gasteiger partial charge in [0.2, 0.25) is 5.91 Å². The summed E-state index contributed by atoms with van der Waals surface area (Å²) in [7, 11) is 0. The third-order valence-electron chi connectivity index (χ3n) is 2.38. The van der Waals surface area contributed by atoms with Gasteiger partial charge in [0.25, 0.3) is 0 Å². The number of halogens is 1. The summed E-state index contributed by atoms with van der Waals surface area (Å²) < 4.78 is 1.97. The molecule has 0 spiro atoms. The van der Waals surface area contributed by atoms with E-state index in [1.165, 1.54) is 0 Å². The second-order valence-corrected chi connectivity index (χ2v) is 4.40. The maximum atomic E-state index is 11.5. The molecule has 1 aromatic carbocycles. The van der Waals surface area contributed by atoms with E-state index in [-0.39, 0.29) is 5.91 Å². The van der Waals surface area contributed by atoms with Crippen molar-refractivity contribution < 1.29 is 4.79 Å². The number of amides is 1. The third-order valence-corrected chi connectivity index (χ3v) is 2.58. The number of nitrogens with zero attached hydrogens (tertiary/aromatic N) is 1. The lowest BCUT2D eigenvalue weighted by Crippen LogP contribution is -2.20. The molecule has 88 valence electrons. The first-order valence-corrected chi connectivity index (χ1v) is 5.79. The molecule has 0 saturated heterocycles. The second-order valence-electron chi connectivity index (χ2n) is 3.75. The molecule has 0 fully saturated rings. The normalized spacial score (nSPS) is 12.1. The molecule has 17 heavy (non-hydrogen) atoms. The summed E-state index contributed by atoms with van der Waals surface area (Å²) in [6.07, 6.45) is 3.90. The highest BCUT2D eigenvalue weighted by Gasteiger charge is 2.09. The van der Waals surface area contributed by atoms with Crippen LogP contribution in [0.15, 0.2) is 48.8 Å². The predicted molar refractivity (Wildman–Crippen MR) is 69.7 cm³/mol. The summed E-state index contributed by atoms with van der Waals surface area (Å²) in [6, 6.07) is 11.5. The van der Waals surface area contributed by atoms with Crippen LogP contribution in [0.3, 0.4) is 0 Å². The molecule has 3 nitrogen and oxygen atoms in total. The average Bonchev–Trinajstić information content (AvgIpc) is 2.82. The van der Waals surface area contributed by atoms with Crippen LogP contribution in [0, 0.1) is 0 Å². The Morgan fingerprint density at radius 3 is 2.65 bits per heavy atom. The van der Waals surface area contributed by atoms with Crippen molar-refractivity contribution in [3.63, 3.8) is 0 Å². The number of carbonyl (C=O) groups is 1. The van der Waals surface area contributed by atoms with E-state index >= 15 is 0 Å².